The number of hydrogen-bond donors (Lipinski definition) is 0. The summed E-state index contributed by atoms with van der Waals surface area (Å²) in [5, 5.41) is 1.20. The molecule has 0 atom stereocenters. The van der Waals surface area contributed by atoms with Gasteiger partial charge in [-0.05, 0) is 72.6 Å². The lowest BCUT2D eigenvalue weighted by molar-refractivity contribution is 0.486. The molecule has 0 amide bonds. The monoisotopic (exact) mass is 453 g/mol. The van der Waals surface area contributed by atoms with Crippen LogP contribution in [0.3, 0.4) is 0 Å². The number of benzene rings is 3. The lowest BCUT2D eigenvalue weighted by atomic mass is 10.2. The highest BCUT2D eigenvalue weighted by Gasteiger charge is 2.18. The standard InChI is InChI=1S/C20H14Cl3NO3S/c1-13-2-6-16(11-18(13)22)24-12-14-3-9-20(19(23)10-14)27-28(25,26)17-7-4-15(21)5-8-17/h2-12H,1H3. The molecule has 3 aromatic rings. The molecule has 8 heteroatoms. The minimum Gasteiger partial charge on any atom is -0.377 e. The van der Waals surface area contributed by atoms with Gasteiger partial charge in [0.15, 0.2) is 5.75 Å². The molecule has 0 unspecified atom stereocenters. The molecule has 0 heterocycles. The van der Waals surface area contributed by atoms with Gasteiger partial charge in [-0.3, -0.25) is 4.99 Å². The first-order chi connectivity index (χ1) is 13.2. The first-order valence-corrected chi connectivity index (χ1v) is 10.6. The van der Waals surface area contributed by atoms with Gasteiger partial charge in [-0.2, -0.15) is 8.42 Å². The predicted octanol–water partition coefficient (Wildman–Crippen LogP) is 6.47. The largest absolute Gasteiger partial charge is 0.377 e. The van der Waals surface area contributed by atoms with Gasteiger partial charge in [-0.1, -0.05) is 40.9 Å². The number of halogens is 3. The Morgan fingerprint density at radius 2 is 1.61 bits per heavy atom. The second-order valence-electron chi connectivity index (χ2n) is 5.87. The third-order valence-corrected chi connectivity index (χ3v) is 5.98. The Morgan fingerprint density at radius 1 is 0.893 bits per heavy atom. The van der Waals surface area contributed by atoms with E-state index in [0.717, 1.165) is 5.56 Å². The minimum atomic E-state index is -4.02. The van der Waals surface area contributed by atoms with Crippen molar-refractivity contribution >= 4 is 56.8 Å². The van der Waals surface area contributed by atoms with Crippen LogP contribution >= 0.6 is 34.8 Å². The van der Waals surface area contributed by atoms with Crippen LogP contribution in [0, 0.1) is 6.92 Å². The van der Waals surface area contributed by atoms with E-state index in [2.05, 4.69) is 4.99 Å². The maximum absolute atomic E-state index is 12.4. The highest BCUT2D eigenvalue weighted by molar-refractivity contribution is 7.87. The molecule has 0 saturated carbocycles. The quantitative estimate of drug-likeness (QED) is 0.328. The first-order valence-electron chi connectivity index (χ1n) is 8.04. The molecule has 4 nitrogen and oxygen atoms in total. The van der Waals surface area contributed by atoms with E-state index in [9.17, 15) is 8.42 Å². The van der Waals surface area contributed by atoms with E-state index >= 15 is 0 Å². The third-order valence-electron chi connectivity index (χ3n) is 3.78. The summed E-state index contributed by atoms with van der Waals surface area (Å²) in [7, 11) is -4.02. The van der Waals surface area contributed by atoms with Crippen molar-refractivity contribution in [1.29, 1.82) is 0 Å². The maximum atomic E-state index is 12.4. The second kappa shape index (κ2) is 8.53. The van der Waals surface area contributed by atoms with E-state index in [1.165, 1.54) is 30.3 Å². The van der Waals surface area contributed by atoms with Gasteiger partial charge in [0.05, 0.1) is 10.7 Å². The summed E-state index contributed by atoms with van der Waals surface area (Å²) in [6.07, 6.45) is 1.60. The number of aryl methyl sites for hydroxylation is 1. The summed E-state index contributed by atoms with van der Waals surface area (Å²) in [5.41, 5.74) is 2.34. The van der Waals surface area contributed by atoms with E-state index < -0.39 is 10.1 Å². The average molecular weight is 455 g/mol. The van der Waals surface area contributed by atoms with Crippen molar-refractivity contribution in [1.82, 2.24) is 0 Å². The molecule has 0 aliphatic heterocycles. The number of rotatable bonds is 5. The van der Waals surface area contributed by atoms with Crippen LogP contribution in [0.2, 0.25) is 15.1 Å². The van der Waals surface area contributed by atoms with Gasteiger partial charge in [-0.25, -0.2) is 0 Å². The fourth-order valence-electron chi connectivity index (χ4n) is 2.24. The van der Waals surface area contributed by atoms with Gasteiger partial charge < -0.3 is 4.18 Å². The van der Waals surface area contributed by atoms with Gasteiger partial charge in [-0.15, -0.1) is 0 Å². The molecule has 0 N–H and O–H groups in total. The SMILES string of the molecule is Cc1ccc(N=Cc2ccc(OS(=O)(=O)c3ccc(Cl)cc3)c(Cl)c2)cc1Cl. The van der Waals surface area contributed by atoms with Crippen LogP contribution in [0.15, 0.2) is 70.6 Å². The van der Waals surface area contributed by atoms with Gasteiger partial charge in [0.1, 0.15) is 4.90 Å². The van der Waals surface area contributed by atoms with Crippen molar-refractivity contribution in [3.8, 4) is 5.75 Å². The summed E-state index contributed by atoms with van der Waals surface area (Å²) in [4.78, 5) is 4.32. The Bertz CT molecular complexity index is 1140. The van der Waals surface area contributed by atoms with Crippen LogP contribution in [-0.4, -0.2) is 14.6 Å². The summed E-state index contributed by atoms with van der Waals surface area (Å²) in [6, 6.07) is 15.8. The maximum Gasteiger partial charge on any atom is 0.339 e. The molecule has 0 aliphatic rings. The second-order valence-corrected chi connectivity index (χ2v) is 8.67. The van der Waals surface area contributed by atoms with E-state index in [4.69, 9.17) is 39.0 Å². The van der Waals surface area contributed by atoms with Crippen molar-refractivity contribution in [2.45, 2.75) is 11.8 Å². The number of aliphatic imine (C=N–C) groups is 1. The lowest BCUT2D eigenvalue weighted by Crippen LogP contribution is -2.10. The van der Waals surface area contributed by atoms with E-state index in [1.807, 2.05) is 19.1 Å². The zero-order valence-electron chi connectivity index (χ0n) is 14.6. The van der Waals surface area contributed by atoms with Gasteiger partial charge in [0.25, 0.3) is 0 Å². The smallest absolute Gasteiger partial charge is 0.339 e. The van der Waals surface area contributed by atoms with Crippen molar-refractivity contribution in [2.75, 3.05) is 0 Å². The van der Waals surface area contributed by atoms with Crippen LogP contribution < -0.4 is 4.18 Å². The summed E-state index contributed by atoms with van der Waals surface area (Å²) >= 11 is 18.0. The molecule has 0 radical (unpaired) electrons. The molecule has 0 fully saturated rings. The Morgan fingerprint density at radius 3 is 2.25 bits per heavy atom. The summed E-state index contributed by atoms with van der Waals surface area (Å²) in [5.74, 6) is 0.0205. The summed E-state index contributed by atoms with van der Waals surface area (Å²) < 4.78 is 29.9. The molecule has 3 aromatic carbocycles. The van der Waals surface area contributed by atoms with Crippen molar-refractivity contribution in [2.24, 2.45) is 4.99 Å². The number of nitrogens with zero attached hydrogens (tertiary/aromatic N) is 1. The molecule has 3 rings (SSSR count). The average Bonchev–Trinajstić information content (AvgIpc) is 2.65. The highest BCUT2D eigenvalue weighted by atomic mass is 35.5. The Labute approximate surface area is 178 Å². The Kier molecular flexibility index (Phi) is 6.30. The molecule has 0 aliphatic carbocycles. The molecular weight excluding hydrogens is 441 g/mol. The van der Waals surface area contributed by atoms with Crippen molar-refractivity contribution in [3.63, 3.8) is 0 Å². The Hall–Kier alpha value is -2.05. The minimum absolute atomic E-state index is 0.0187. The molecule has 0 bridgehead atoms. The van der Waals surface area contributed by atoms with Crippen LogP contribution in [0.25, 0.3) is 0 Å². The van der Waals surface area contributed by atoms with Gasteiger partial charge in [0, 0.05) is 16.3 Å². The van der Waals surface area contributed by atoms with Crippen LogP contribution in [0.5, 0.6) is 5.75 Å². The van der Waals surface area contributed by atoms with Crippen molar-refractivity contribution < 1.29 is 12.6 Å². The fraction of sp³-hybridized carbons (Fsp3) is 0.0500. The zero-order valence-corrected chi connectivity index (χ0v) is 17.6. The van der Waals surface area contributed by atoms with Crippen LogP contribution in [0.1, 0.15) is 11.1 Å². The van der Waals surface area contributed by atoms with E-state index in [0.29, 0.717) is 21.3 Å². The molecule has 0 spiro atoms. The molecule has 0 aromatic heterocycles. The Balaban J connectivity index is 1.79. The van der Waals surface area contributed by atoms with Gasteiger partial charge >= 0.3 is 10.1 Å². The van der Waals surface area contributed by atoms with Crippen LogP contribution in [-0.2, 0) is 10.1 Å². The topological polar surface area (TPSA) is 55.7 Å². The van der Waals surface area contributed by atoms with E-state index in [1.54, 1.807) is 24.4 Å². The fourth-order valence-corrected chi connectivity index (χ4v) is 3.77. The molecular formula is C20H14Cl3NO3S. The zero-order chi connectivity index (χ0) is 20.3. The van der Waals surface area contributed by atoms with Crippen LogP contribution in [0.4, 0.5) is 5.69 Å². The van der Waals surface area contributed by atoms with Gasteiger partial charge in [0.2, 0.25) is 0 Å². The highest BCUT2D eigenvalue weighted by Crippen LogP contribution is 2.29. The van der Waals surface area contributed by atoms with E-state index in [-0.39, 0.29) is 15.7 Å². The molecule has 28 heavy (non-hydrogen) atoms. The predicted molar refractivity (Wildman–Crippen MR) is 114 cm³/mol. The first kappa shape index (κ1) is 20.7. The van der Waals surface area contributed by atoms with Crippen molar-refractivity contribution in [3.05, 3.63) is 86.9 Å². The lowest BCUT2D eigenvalue weighted by Gasteiger charge is -2.09. The third kappa shape index (κ3) is 5.06. The number of hydrogen-bond acceptors (Lipinski definition) is 4. The molecule has 0 saturated heterocycles. The molecule has 144 valence electrons. The normalized spacial score (nSPS) is 11.7. The summed E-state index contributed by atoms with van der Waals surface area (Å²) in [6.45, 7) is 1.91.